The van der Waals surface area contributed by atoms with Crippen LogP contribution in [0.2, 0.25) is 0 Å². The summed E-state index contributed by atoms with van der Waals surface area (Å²) in [5.74, 6) is 0.666. The van der Waals surface area contributed by atoms with Crippen molar-refractivity contribution in [3.63, 3.8) is 0 Å². The zero-order valence-corrected chi connectivity index (χ0v) is 13.7. The largest absolute Gasteiger partial charge is 0.497 e. The number of sulfonamides is 1. The van der Waals surface area contributed by atoms with E-state index >= 15 is 0 Å². The van der Waals surface area contributed by atoms with Crippen molar-refractivity contribution in [2.24, 2.45) is 0 Å². The van der Waals surface area contributed by atoms with Crippen LogP contribution < -0.4 is 10.1 Å². The van der Waals surface area contributed by atoms with Crippen LogP contribution in [0.4, 0.5) is 0 Å². The molecule has 1 unspecified atom stereocenters. The van der Waals surface area contributed by atoms with Crippen LogP contribution in [0.5, 0.6) is 5.75 Å². The Morgan fingerprint density at radius 1 is 1.14 bits per heavy atom. The number of hydrogen-bond donors (Lipinski definition) is 1. The molecule has 0 radical (unpaired) electrons. The normalized spacial score (nSPS) is 24.5. The van der Waals surface area contributed by atoms with E-state index in [1.165, 1.54) is 0 Å². The maximum atomic E-state index is 12.7. The average Bonchev–Trinajstić information content (AvgIpc) is 3.06. The van der Waals surface area contributed by atoms with E-state index < -0.39 is 10.0 Å². The summed E-state index contributed by atoms with van der Waals surface area (Å²) < 4.78 is 32.1. The summed E-state index contributed by atoms with van der Waals surface area (Å²) in [4.78, 5) is 2.74. The van der Waals surface area contributed by atoms with Gasteiger partial charge in [0.15, 0.2) is 0 Å². The molecule has 2 aliphatic heterocycles. The first-order valence-electron chi connectivity index (χ1n) is 7.70. The number of benzene rings is 1. The first-order valence-corrected chi connectivity index (χ1v) is 9.14. The van der Waals surface area contributed by atoms with Gasteiger partial charge in [-0.3, -0.25) is 4.90 Å². The molecular weight excluding hydrogens is 302 g/mol. The monoisotopic (exact) mass is 325 g/mol. The van der Waals surface area contributed by atoms with Crippen LogP contribution in [-0.4, -0.2) is 70.0 Å². The van der Waals surface area contributed by atoms with Crippen molar-refractivity contribution in [1.29, 1.82) is 0 Å². The molecular formula is C15H23N3O3S. The Labute approximate surface area is 132 Å². The molecule has 0 bridgehead atoms. The van der Waals surface area contributed by atoms with Crippen molar-refractivity contribution in [3.05, 3.63) is 24.3 Å². The van der Waals surface area contributed by atoms with Gasteiger partial charge in [0.1, 0.15) is 5.75 Å². The number of piperazine rings is 1. The standard InChI is InChI=1S/C15H23N3O3S/c1-21-14-2-4-15(5-3-14)22(19,20)18-9-6-13(12-18)17-10-7-16-8-11-17/h2-5,13,16H,6-12H2,1H3. The number of nitrogens with one attached hydrogen (secondary N) is 1. The highest BCUT2D eigenvalue weighted by Gasteiger charge is 2.35. The second-order valence-corrected chi connectivity index (χ2v) is 7.70. The van der Waals surface area contributed by atoms with Gasteiger partial charge in [0.05, 0.1) is 12.0 Å². The van der Waals surface area contributed by atoms with Crippen LogP contribution >= 0.6 is 0 Å². The number of ether oxygens (including phenoxy) is 1. The van der Waals surface area contributed by atoms with Gasteiger partial charge in [-0.05, 0) is 30.7 Å². The van der Waals surface area contributed by atoms with Crippen molar-refractivity contribution in [2.45, 2.75) is 17.4 Å². The Balaban J connectivity index is 1.70. The summed E-state index contributed by atoms with van der Waals surface area (Å²) in [6.45, 7) is 5.17. The maximum absolute atomic E-state index is 12.7. The van der Waals surface area contributed by atoms with Crippen LogP contribution in [-0.2, 0) is 10.0 Å². The van der Waals surface area contributed by atoms with Gasteiger partial charge in [-0.2, -0.15) is 4.31 Å². The van der Waals surface area contributed by atoms with Crippen LogP contribution in [0.15, 0.2) is 29.2 Å². The van der Waals surface area contributed by atoms with Gasteiger partial charge in [0, 0.05) is 45.3 Å². The molecule has 2 saturated heterocycles. The topological polar surface area (TPSA) is 61.9 Å². The van der Waals surface area contributed by atoms with Crippen LogP contribution in [0.25, 0.3) is 0 Å². The minimum Gasteiger partial charge on any atom is -0.497 e. The molecule has 1 atom stereocenters. The van der Waals surface area contributed by atoms with E-state index in [1.807, 2.05) is 0 Å². The molecule has 7 heteroatoms. The van der Waals surface area contributed by atoms with Crippen LogP contribution in [0, 0.1) is 0 Å². The molecule has 122 valence electrons. The van der Waals surface area contributed by atoms with Gasteiger partial charge in [0.2, 0.25) is 10.0 Å². The zero-order chi connectivity index (χ0) is 15.6. The quantitative estimate of drug-likeness (QED) is 0.866. The fraction of sp³-hybridized carbons (Fsp3) is 0.600. The Morgan fingerprint density at radius 3 is 2.45 bits per heavy atom. The van der Waals surface area contributed by atoms with E-state index in [0.717, 1.165) is 32.6 Å². The minimum atomic E-state index is -3.40. The zero-order valence-electron chi connectivity index (χ0n) is 12.9. The molecule has 0 amide bonds. The van der Waals surface area contributed by atoms with Crippen LogP contribution in [0.1, 0.15) is 6.42 Å². The molecule has 3 rings (SSSR count). The summed E-state index contributed by atoms with van der Waals surface area (Å²) in [7, 11) is -1.83. The molecule has 2 fully saturated rings. The smallest absolute Gasteiger partial charge is 0.243 e. The lowest BCUT2D eigenvalue weighted by Crippen LogP contribution is -2.49. The predicted octanol–water partition coefficient (Wildman–Crippen LogP) is 0.363. The Bertz CT molecular complexity index is 597. The van der Waals surface area contributed by atoms with Crippen LogP contribution in [0.3, 0.4) is 0 Å². The fourth-order valence-corrected chi connectivity index (χ4v) is 4.66. The van der Waals surface area contributed by atoms with Crippen molar-refractivity contribution >= 4 is 10.0 Å². The van der Waals surface area contributed by atoms with Crippen molar-refractivity contribution in [3.8, 4) is 5.75 Å². The minimum absolute atomic E-state index is 0.342. The fourth-order valence-electron chi connectivity index (χ4n) is 3.17. The second kappa shape index (κ2) is 6.54. The third kappa shape index (κ3) is 3.12. The van der Waals surface area contributed by atoms with Gasteiger partial charge < -0.3 is 10.1 Å². The Kier molecular flexibility index (Phi) is 4.67. The molecule has 1 aromatic rings. The third-order valence-electron chi connectivity index (χ3n) is 4.49. The number of methoxy groups -OCH3 is 1. The highest BCUT2D eigenvalue weighted by atomic mass is 32.2. The molecule has 2 aliphatic rings. The summed E-state index contributed by atoms with van der Waals surface area (Å²) in [5, 5.41) is 3.33. The molecule has 2 heterocycles. The molecule has 22 heavy (non-hydrogen) atoms. The van der Waals surface area contributed by atoms with Crippen molar-refractivity contribution in [1.82, 2.24) is 14.5 Å². The van der Waals surface area contributed by atoms with E-state index in [-0.39, 0.29) is 0 Å². The highest BCUT2D eigenvalue weighted by molar-refractivity contribution is 7.89. The SMILES string of the molecule is COc1ccc(S(=O)(=O)N2CCC(N3CCNCC3)C2)cc1. The molecule has 6 nitrogen and oxygen atoms in total. The van der Waals surface area contributed by atoms with Crippen molar-refractivity contribution in [2.75, 3.05) is 46.4 Å². The summed E-state index contributed by atoms with van der Waals surface area (Å²) >= 11 is 0. The molecule has 0 saturated carbocycles. The summed E-state index contributed by atoms with van der Waals surface area (Å²) in [6.07, 6.45) is 0.912. The molecule has 0 aromatic heterocycles. The van der Waals surface area contributed by atoms with E-state index in [2.05, 4.69) is 10.2 Å². The highest BCUT2D eigenvalue weighted by Crippen LogP contribution is 2.25. The molecule has 1 aromatic carbocycles. The number of nitrogens with zero attached hydrogens (tertiary/aromatic N) is 2. The lowest BCUT2D eigenvalue weighted by molar-refractivity contribution is 0.179. The van der Waals surface area contributed by atoms with Gasteiger partial charge in [-0.15, -0.1) is 0 Å². The van der Waals surface area contributed by atoms with E-state index in [1.54, 1.807) is 35.7 Å². The summed E-state index contributed by atoms with van der Waals surface area (Å²) in [5.41, 5.74) is 0. The first-order chi connectivity index (χ1) is 10.6. The molecule has 0 spiro atoms. The number of hydrogen-bond acceptors (Lipinski definition) is 5. The molecule has 0 aliphatic carbocycles. The van der Waals surface area contributed by atoms with Crippen molar-refractivity contribution < 1.29 is 13.2 Å². The van der Waals surface area contributed by atoms with Gasteiger partial charge in [0.25, 0.3) is 0 Å². The van der Waals surface area contributed by atoms with E-state index in [9.17, 15) is 8.42 Å². The van der Waals surface area contributed by atoms with E-state index in [4.69, 9.17) is 4.74 Å². The predicted molar refractivity (Wildman–Crippen MR) is 84.6 cm³/mol. The van der Waals surface area contributed by atoms with Gasteiger partial charge in [-0.1, -0.05) is 0 Å². The Hall–Kier alpha value is -1.15. The third-order valence-corrected chi connectivity index (χ3v) is 6.37. The lowest BCUT2D eigenvalue weighted by atomic mass is 10.2. The van der Waals surface area contributed by atoms with Gasteiger partial charge in [-0.25, -0.2) is 8.42 Å². The number of rotatable bonds is 4. The Morgan fingerprint density at radius 2 is 1.82 bits per heavy atom. The average molecular weight is 325 g/mol. The summed E-state index contributed by atoms with van der Waals surface area (Å²) in [6, 6.07) is 6.96. The van der Waals surface area contributed by atoms with Gasteiger partial charge >= 0.3 is 0 Å². The second-order valence-electron chi connectivity index (χ2n) is 5.77. The maximum Gasteiger partial charge on any atom is 0.243 e. The first kappa shape index (κ1) is 15.7. The molecule has 1 N–H and O–H groups in total. The lowest BCUT2D eigenvalue weighted by Gasteiger charge is -2.32. The van der Waals surface area contributed by atoms with E-state index in [0.29, 0.717) is 29.8 Å².